The summed E-state index contributed by atoms with van der Waals surface area (Å²) in [7, 11) is -6.56. The van der Waals surface area contributed by atoms with Crippen LogP contribution < -0.4 is 20.7 Å². The summed E-state index contributed by atoms with van der Waals surface area (Å²) < 4.78 is 299. The van der Waals surface area contributed by atoms with Gasteiger partial charge in [0.2, 0.25) is 0 Å². The number of rotatable bonds is 7. The Morgan fingerprint density at radius 1 is 0.406 bits per heavy atom. The van der Waals surface area contributed by atoms with Crippen LogP contribution >= 0.6 is 0 Å². The first-order valence-electron chi connectivity index (χ1n) is 35.0. The lowest BCUT2D eigenvalue weighted by Gasteiger charge is -2.35. The molecule has 0 atom stereocenters. The average Bonchev–Trinajstić information content (AvgIpc) is 1.67. The molecule has 13 aromatic rings. The van der Waals surface area contributed by atoms with Gasteiger partial charge in [0.15, 0.2) is 13.7 Å². The van der Waals surface area contributed by atoms with Gasteiger partial charge in [0.25, 0.3) is 0 Å². The molecular weight excluding hydrogens is 793 g/mol. The molecule has 3 heterocycles. The number of fused-ring (bicyclic) bond motifs is 10. The van der Waals surface area contributed by atoms with Gasteiger partial charge in [0.1, 0.15) is 5.58 Å². The van der Waals surface area contributed by atoms with E-state index in [0.29, 0.717) is 0 Å². The van der Waals surface area contributed by atoms with Crippen molar-refractivity contribution in [1.29, 1.82) is 0 Å². The molecule has 0 fully saturated rings. The molecule has 0 saturated carbocycles. The molecule has 4 heteroatoms. The van der Waals surface area contributed by atoms with Crippen LogP contribution in [0.1, 0.15) is 42.5 Å². The molecule has 300 valence electrons. The molecule has 0 amide bonds. The molecule has 13 rings (SSSR count). The van der Waals surface area contributed by atoms with Crippen LogP contribution in [0.4, 0.5) is 0 Å². The minimum atomic E-state index is -6.56. The van der Waals surface area contributed by atoms with Crippen molar-refractivity contribution in [3.8, 4) is 22.5 Å². The van der Waals surface area contributed by atoms with Gasteiger partial charge in [0.05, 0.1) is 75.6 Å². The van der Waals surface area contributed by atoms with Crippen LogP contribution in [0, 0.1) is 0 Å². The second-order valence-corrected chi connectivity index (χ2v) is 18.0. The van der Waals surface area contributed by atoms with Gasteiger partial charge in [-0.2, -0.15) is 0 Å². The van der Waals surface area contributed by atoms with E-state index >= 15 is 0 Å². The van der Waals surface area contributed by atoms with Crippen molar-refractivity contribution in [3.05, 3.63) is 242 Å². The van der Waals surface area contributed by atoms with Crippen LogP contribution in [0.25, 0.3) is 88.1 Å². The van der Waals surface area contributed by atoms with Gasteiger partial charge in [0, 0.05) is 32.6 Å². The largest absolute Gasteiger partial charge is 0.454 e. The van der Waals surface area contributed by atoms with Crippen molar-refractivity contribution in [1.82, 2.24) is 9.13 Å². The predicted molar refractivity (Wildman–Crippen MR) is 271 cm³/mol. The van der Waals surface area contributed by atoms with Crippen LogP contribution in [0.3, 0.4) is 0 Å². The molecule has 0 spiro atoms. The molecule has 0 unspecified atom stereocenters. The first kappa shape index (κ1) is 17.2. The Labute approximate surface area is 414 Å². The van der Waals surface area contributed by atoms with Gasteiger partial charge in [-0.25, -0.2) is 0 Å². The summed E-state index contributed by atoms with van der Waals surface area (Å²) in [6.07, 6.45) is 0. The van der Waals surface area contributed by atoms with E-state index in [0.717, 1.165) is 0 Å². The molecule has 3 nitrogen and oxygen atoms in total. The predicted octanol–water partition coefficient (Wildman–Crippen LogP) is 12.8. The van der Waals surface area contributed by atoms with Gasteiger partial charge in [-0.3, -0.25) is 0 Å². The van der Waals surface area contributed by atoms with Gasteiger partial charge in [-0.1, -0.05) is 200 Å². The Bertz CT molecular complexity index is 5510. The second kappa shape index (κ2) is 14.5. The van der Waals surface area contributed by atoms with E-state index in [1.54, 1.807) is 42.5 Å². The number of nitrogens with zero attached hydrogens (tertiary/aromatic N) is 2. The highest BCUT2D eigenvalue weighted by atomic mass is 28.3. The van der Waals surface area contributed by atoms with E-state index in [1.807, 2.05) is 0 Å². The number of hydrogen-bond donors (Lipinski definition) is 0. The first-order chi connectivity index (χ1) is 44.7. The van der Waals surface area contributed by atoms with Crippen LogP contribution in [0.15, 0.2) is 246 Å². The minimum absolute atomic E-state index is 0.0304. The van der Waals surface area contributed by atoms with Gasteiger partial charge in [-0.15, -0.1) is 0 Å². The second-order valence-electron chi connectivity index (χ2n) is 14.5. The maximum Gasteiger partial charge on any atom is 0.179 e. The van der Waals surface area contributed by atoms with Crippen molar-refractivity contribution in [2.75, 3.05) is 0 Å². The highest BCUT2D eigenvalue weighted by Gasteiger charge is 2.41. The fourth-order valence-electron chi connectivity index (χ4n) is 8.64. The van der Waals surface area contributed by atoms with Crippen molar-refractivity contribution >= 4 is 94.4 Å². The van der Waals surface area contributed by atoms with Crippen molar-refractivity contribution < 1.29 is 46.9 Å². The van der Waals surface area contributed by atoms with Crippen LogP contribution in [0.2, 0.25) is 0 Å². The molecule has 0 aliphatic carbocycles. The molecule has 0 aliphatic heterocycles. The summed E-state index contributed by atoms with van der Waals surface area (Å²) in [6.45, 7) is 0. The molecule has 0 saturated heterocycles. The van der Waals surface area contributed by atoms with Crippen molar-refractivity contribution in [2.45, 2.75) is 0 Å². The monoisotopic (exact) mass is 863 g/mol. The molecule has 3 aromatic heterocycles. The van der Waals surface area contributed by atoms with E-state index in [2.05, 4.69) is 0 Å². The molecule has 0 N–H and O–H groups in total. The summed E-state index contributed by atoms with van der Waals surface area (Å²) in [5.74, 6) is 0. The summed E-state index contributed by atoms with van der Waals surface area (Å²) in [5.41, 5.74) is -3.15. The molecule has 0 aliphatic rings. The number of furan rings is 1. The Kier molecular flexibility index (Phi) is 3.88. The Morgan fingerprint density at radius 3 is 1.64 bits per heavy atom. The standard InChI is InChI=1S/C60H40N2OSi/c1-4-19-41(20-5-1)42-21-18-26-47(39-42)64(44-22-6-2-7-23-44,45-24-8-3-9-25-45)46-37-35-43(36-38-46)61-53-31-14-12-29-50(53)52-40-56(60-58(59(52)61)51-30-13-17-34-57(51)63-60)62-54-32-15-10-27-48(54)49-28-11-16-33-55(49)62/h1-40H/i1D,2D,3D,4D,5D,6D,7D,8D,9D,10D,11D,15D,16D,18D,19D,20D,21D,22D,23D,24D,25D,26D,27D,28D,32D,33D,35D,36D,37D,38D,39D. The molecule has 0 radical (unpaired) electrons. The topological polar surface area (TPSA) is 23.0 Å². The molecule has 0 bridgehead atoms. The maximum absolute atomic E-state index is 10.5. The first-order valence-corrected chi connectivity index (χ1v) is 21.5. The van der Waals surface area contributed by atoms with Gasteiger partial charge in [-0.05, 0) is 74.2 Å². The zero-order chi connectivity index (χ0) is 69.2. The smallest absolute Gasteiger partial charge is 0.179 e. The Hall–Kier alpha value is -8.18. The molecular formula is C60H40N2OSi. The quantitative estimate of drug-likeness (QED) is 0.116. The lowest BCUT2D eigenvalue weighted by Crippen LogP contribution is -2.74. The zero-order valence-electron chi connectivity index (χ0n) is 63.5. The van der Waals surface area contributed by atoms with Crippen molar-refractivity contribution in [3.63, 3.8) is 0 Å². The molecule has 10 aromatic carbocycles. The normalized spacial score (nSPS) is 18.8. The lowest BCUT2D eigenvalue weighted by atomic mass is 10.1. The van der Waals surface area contributed by atoms with E-state index in [1.165, 1.54) is 21.3 Å². The van der Waals surface area contributed by atoms with E-state index in [4.69, 9.17) is 27.7 Å². The van der Waals surface area contributed by atoms with Crippen molar-refractivity contribution in [2.24, 2.45) is 0 Å². The fourth-order valence-corrected chi connectivity index (χ4v) is 12.2. The maximum atomic E-state index is 10.5. The summed E-state index contributed by atoms with van der Waals surface area (Å²) in [4.78, 5) is 0. The summed E-state index contributed by atoms with van der Waals surface area (Å²) in [5, 5.41) is -4.37. The number of aromatic nitrogens is 2. The Morgan fingerprint density at radius 2 is 0.953 bits per heavy atom. The van der Waals surface area contributed by atoms with Gasteiger partial charge >= 0.3 is 0 Å². The summed E-state index contributed by atoms with van der Waals surface area (Å²) >= 11 is 0. The lowest BCUT2D eigenvalue weighted by molar-refractivity contribution is 0.666. The van der Waals surface area contributed by atoms with E-state index in [9.17, 15) is 19.2 Å². The van der Waals surface area contributed by atoms with Crippen LogP contribution in [-0.2, 0) is 0 Å². The third-order valence-electron chi connectivity index (χ3n) is 11.2. The van der Waals surface area contributed by atoms with Gasteiger partial charge < -0.3 is 13.6 Å². The third kappa shape index (κ3) is 5.33. The SMILES string of the molecule is [2H]c1c([2H])c([2H])c(-c2c([2H])c([2H])c([2H])c([Si](c3c([2H])c([2H])c([2H])c([2H])c3[2H])(c3c([2H])c([2H])c([2H])c([2H])c3[2H])c3c([2H])c([2H])c(-n4c5ccccc5c5cc(-n6c7c([2H])c([2H])c([2H])c([2H])c7c7c([2H])c([2H])c([2H])c([2H])c76)c6oc7ccccc7c6c54)c([2H])c3[2H])c2[2H])c([2H])c1[2H]. The van der Waals surface area contributed by atoms with E-state index in [-0.39, 0.29) is 71.2 Å². The fraction of sp³-hybridized carbons (Fsp3) is 0. The summed E-state index contributed by atoms with van der Waals surface area (Å²) in [6, 6.07) is -18.4. The molecule has 64 heavy (non-hydrogen) atoms. The third-order valence-corrected chi connectivity index (χ3v) is 15.2. The highest BCUT2D eigenvalue weighted by molar-refractivity contribution is 7.19. The van der Waals surface area contributed by atoms with E-state index < -0.39 is 233 Å². The highest BCUT2D eigenvalue weighted by Crippen LogP contribution is 2.45. The van der Waals surface area contributed by atoms with Crippen LogP contribution in [-0.4, -0.2) is 17.2 Å². The number of hydrogen-bond acceptors (Lipinski definition) is 1. The average molecular weight is 864 g/mol. The zero-order valence-corrected chi connectivity index (χ0v) is 33.5. The minimum Gasteiger partial charge on any atom is -0.454 e. The number of para-hydroxylation sites is 4. The Balaban J connectivity index is 1.27. The van der Waals surface area contributed by atoms with Crippen LogP contribution in [0.5, 0.6) is 0 Å². The number of benzene rings is 10.